The largest absolute Gasteiger partial charge is 0.493 e. The van der Waals surface area contributed by atoms with Crippen LogP contribution in [0.1, 0.15) is 42.0 Å². The van der Waals surface area contributed by atoms with Crippen LogP contribution in [0.2, 0.25) is 0 Å². The zero-order valence-corrected chi connectivity index (χ0v) is 14.9. The summed E-state index contributed by atoms with van der Waals surface area (Å²) in [5.74, 6) is -0.0944. The fourth-order valence-corrected chi connectivity index (χ4v) is 2.81. The predicted molar refractivity (Wildman–Crippen MR) is 96.8 cm³/mol. The summed E-state index contributed by atoms with van der Waals surface area (Å²) in [5.41, 5.74) is 4.02. The van der Waals surface area contributed by atoms with Gasteiger partial charge in [0, 0.05) is 0 Å². The molecule has 0 spiro atoms. The highest BCUT2D eigenvalue weighted by Gasteiger charge is 2.22. The van der Waals surface area contributed by atoms with Crippen LogP contribution in [-0.2, 0) is 11.2 Å². The predicted octanol–water partition coefficient (Wildman–Crippen LogP) is 4.75. The number of rotatable bonds is 7. The third-order valence-electron chi connectivity index (χ3n) is 4.02. The first-order chi connectivity index (χ1) is 11.4. The van der Waals surface area contributed by atoms with Gasteiger partial charge in [-0.05, 0) is 55.0 Å². The molecule has 0 aliphatic heterocycles. The van der Waals surface area contributed by atoms with Crippen molar-refractivity contribution < 1.29 is 14.6 Å². The molecule has 1 unspecified atom stereocenters. The van der Waals surface area contributed by atoms with Crippen LogP contribution in [0, 0.1) is 19.8 Å². The molecule has 0 fully saturated rings. The maximum absolute atomic E-state index is 11.8. The third kappa shape index (κ3) is 4.85. The van der Waals surface area contributed by atoms with E-state index in [-0.39, 0.29) is 0 Å². The summed E-state index contributed by atoms with van der Waals surface area (Å²) >= 11 is 0. The highest BCUT2D eigenvalue weighted by molar-refractivity contribution is 5.77. The Bertz CT molecular complexity index is 704. The molecular formula is C21H26O3. The van der Waals surface area contributed by atoms with Crippen LogP contribution in [0.4, 0.5) is 0 Å². The summed E-state index contributed by atoms with van der Waals surface area (Å²) in [6.07, 6.45) is 0.456. The van der Waals surface area contributed by atoms with E-state index < -0.39 is 11.9 Å². The van der Waals surface area contributed by atoms with Gasteiger partial charge in [0.05, 0.1) is 12.5 Å². The van der Waals surface area contributed by atoms with Gasteiger partial charge in [0.25, 0.3) is 0 Å². The van der Waals surface area contributed by atoms with Crippen molar-refractivity contribution in [3.8, 4) is 5.75 Å². The molecule has 0 heterocycles. The first-order valence-corrected chi connectivity index (χ1v) is 8.38. The average molecular weight is 326 g/mol. The van der Waals surface area contributed by atoms with Crippen LogP contribution < -0.4 is 4.74 Å². The van der Waals surface area contributed by atoms with Gasteiger partial charge in [-0.3, -0.25) is 4.79 Å². The Kier molecular flexibility index (Phi) is 6.02. The highest BCUT2D eigenvalue weighted by Crippen LogP contribution is 2.26. The molecular weight excluding hydrogens is 300 g/mol. The molecule has 0 saturated heterocycles. The van der Waals surface area contributed by atoms with Gasteiger partial charge in [-0.25, -0.2) is 0 Å². The summed E-state index contributed by atoms with van der Waals surface area (Å²) in [6, 6.07) is 13.7. The van der Waals surface area contributed by atoms with E-state index in [2.05, 4.69) is 13.8 Å². The molecule has 0 radical (unpaired) electrons. The SMILES string of the molecule is Cc1ccc(C(Cc2cccc(OCC(C)C)c2)C(=O)O)c(C)c1. The maximum atomic E-state index is 11.8. The number of hydrogen-bond donors (Lipinski definition) is 1. The van der Waals surface area contributed by atoms with Crippen LogP contribution in [0.5, 0.6) is 5.75 Å². The summed E-state index contributed by atoms with van der Waals surface area (Å²) < 4.78 is 5.75. The molecule has 0 amide bonds. The maximum Gasteiger partial charge on any atom is 0.311 e. The molecule has 0 aromatic heterocycles. The van der Waals surface area contributed by atoms with Crippen molar-refractivity contribution in [1.29, 1.82) is 0 Å². The van der Waals surface area contributed by atoms with E-state index in [0.29, 0.717) is 18.9 Å². The van der Waals surface area contributed by atoms with E-state index in [0.717, 1.165) is 28.0 Å². The van der Waals surface area contributed by atoms with E-state index in [1.807, 2.05) is 56.3 Å². The minimum Gasteiger partial charge on any atom is -0.493 e. The number of benzene rings is 2. The molecule has 3 nitrogen and oxygen atoms in total. The lowest BCUT2D eigenvalue weighted by molar-refractivity contribution is -0.138. The Morgan fingerprint density at radius 2 is 1.88 bits per heavy atom. The summed E-state index contributed by atoms with van der Waals surface area (Å²) in [7, 11) is 0. The van der Waals surface area contributed by atoms with E-state index >= 15 is 0 Å². The second-order valence-electron chi connectivity index (χ2n) is 6.81. The molecule has 24 heavy (non-hydrogen) atoms. The van der Waals surface area contributed by atoms with Gasteiger partial charge in [0.1, 0.15) is 5.75 Å². The third-order valence-corrected chi connectivity index (χ3v) is 4.02. The molecule has 3 heteroatoms. The molecule has 0 aliphatic rings. The van der Waals surface area contributed by atoms with Crippen LogP contribution in [0.25, 0.3) is 0 Å². The lowest BCUT2D eigenvalue weighted by Crippen LogP contribution is -2.16. The molecule has 0 aliphatic carbocycles. The number of carbonyl (C=O) groups is 1. The number of ether oxygens (including phenoxy) is 1. The summed E-state index contributed by atoms with van der Waals surface area (Å²) in [5, 5.41) is 9.70. The number of aliphatic carboxylic acids is 1. The standard InChI is InChI=1S/C21H26O3/c1-14(2)13-24-18-7-5-6-17(11-18)12-20(21(22)23)19-9-8-15(3)10-16(19)4/h5-11,14,20H,12-13H2,1-4H3,(H,22,23). The summed E-state index contributed by atoms with van der Waals surface area (Å²) in [4.78, 5) is 11.8. The number of hydrogen-bond acceptors (Lipinski definition) is 2. The molecule has 1 N–H and O–H groups in total. The van der Waals surface area contributed by atoms with Crippen molar-refractivity contribution in [2.24, 2.45) is 5.92 Å². The molecule has 1 atom stereocenters. The Morgan fingerprint density at radius 3 is 2.50 bits per heavy atom. The Balaban J connectivity index is 2.22. The van der Waals surface area contributed by atoms with Crippen LogP contribution >= 0.6 is 0 Å². The Hall–Kier alpha value is -2.29. The van der Waals surface area contributed by atoms with Gasteiger partial charge in [-0.1, -0.05) is 49.7 Å². The minimum absolute atomic E-state index is 0.454. The second-order valence-corrected chi connectivity index (χ2v) is 6.81. The van der Waals surface area contributed by atoms with E-state index in [4.69, 9.17) is 4.74 Å². The number of carboxylic acid groups (broad SMARTS) is 1. The second kappa shape index (κ2) is 8.00. The zero-order chi connectivity index (χ0) is 17.7. The topological polar surface area (TPSA) is 46.5 Å². The molecule has 2 aromatic carbocycles. The van der Waals surface area contributed by atoms with Gasteiger partial charge in [0.2, 0.25) is 0 Å². The van der Waals surface area contributed by atoms with Gasteiger partial charge >= 0.3 is 5.97 Å². The number of carboxylic acids is 1. The fourth-order valence-electron chi connectivity index (χ4n) is 2.81. The van der Waals surface area contributed by atoms with E-state index in [1.165, 1.54) is 0 Å². The molecule has 0 saturated carbocycles. The van der Waals surface area contributed by atoms with Crippen molar-refractivity contribution in [1.82, 2.24) is 0 Å². The molecule has 128 valence electrons. The average Bonchev–Trinajstić information content (AvgIpc) is 2.51. The smallest absolute Gasteiger partial charge is 0.311 e. The Labute approximate surface area is 144 Å². The van der Waals surface area contributed by atoms with Gasteiger partial charge in [-0.2, -0.15) is 0 Å². The first-order valence-electron chi connectivity index (χ1n) is 8.38. The normalized spacial score (nSPS) is 12.2. The van der Waals surface area contributed by atoms with Crippen molar-refractivity contribution in [3.05, 3.63) is 64.7 Å². The monoisotopic (exact) mass is 326 g/mol. The van der Waals surface area contributed by atoms with Crippen molar-refractivity contribution >= 4 is 5.97 Å². The van der Waals surface area contributed by atoms with Crippen LogP contribution in [0.3, 0.4) is 0 Å². The quantitative estimate of drug-likeness (QED) is 0.798. The van der Waals surface area contributed by atoms with Crippen molar-refractivity contribution in [3.63, 3.8) is 0 Å². The summed E-state index contributed by atoms with van der Waals surface area (Å²) in [6.45, 7) is 8.85. The lowest BCUT2D eigenvalue weighted by atomic mass is 9.88. The zero-order valence-electron chi connectivity index (χ0n) is 14.9. The highest BCUT2D eigenvalue weighted by atomic mass is 16.5. The van der Waals surface area contributed by atoms with Gasteiger partial charge in [0.15, 0.2) is 0 Å². The molecule has 2 rings (SSSR count). The fraction of sp³-hybridized carbons (Fsp3) is 0.381. The van der Waals surface area contributed by atoms with Crippen LogP contribution in [0.15, 0.2) is 42.5 Å². The van der Waals surface area contributed by atoms with Crippen molar-refractivity contribution in [2.45, 2.75) is 40.0 Å². The number of aryl methyl sites for hydroxylation is 2. The van der Waals surface area contributed by atoms with Crippen molar-refractivity contribution in [2.75, 3.05) is 6.61 Å². The van der Waals surface area contributed by atoms with E-state index in [1.54, 1.807) is 0 Å². The molecule has 2 aromatic rings. The molecule has 0 bridgehead atoms. The first kappa shape index (κ1) is 18.1. The van der Waals surface area contributed by atoms with Gasteiger partial charge in [-0.15, -0.1) is 0 Å². The lowest BCUT2D eigenvalue weighted by Gasteiger charge is -2.17. The van der Waals surface area contributed by atoms with Crippen LogP contribution in [-0.4, -0.2) is 17.7 Å². The van der Waals surface area contributed by atoms with Gasteiger partial charge < -0.3 is 9.84 Å². The van der Waals surface area contributed by atoms with E-state index in [9.17, 15) is 9.90 Å². The minimum atomic E-state index is -0.796. The Morgan fingerprint density at radius 1 is 1.12 bits per heavy atom.